The standard InChI is InChI=1S/C19H22N4O2/c1-25-17-11-16(20-13-21-17)23-9-7-19(8-10-23)12-15(18(24)22-19)14-5-3-2-4-6-14/h2-6,11,13,15H,7-10,12H2,1H3,(H,22,24)/t15-/m1/s1. The molecule has 25 heavy (non-hydrogen) atoms. The number of carbonyl (C=O) groups excluding carboxylic acids is 1. The van der Waals surface area contributed by atoms with E-state index in [-0.39, 0.29) is 17.4 Å². The Morgan fingerprint density at radius 1 is 1.20 bits per heavy atom. The minimum atomic E-state index is -0.0921. The molecular weight excluding hydrogens is 316 g/mol. The van der Waals surface area contributed by atoms with E-state index in [9.17, 15) is 4.79 Å². The number of hydrogen-bond donors (Lipinski definition) is 1. The summed E-state index contributed by atoms with van der Waals surface area (Å²) in [4.78, 5) is 23.2. The second-order valence-electron chi connectivity index (χ2n) is 6.84. The highest BCUT2D eigenvalue weighted by Gasteiger charge is 2.46. The van der Waals surface area contributed by atoms with Crippen molar-refractivity contribution in [3.05, 3.63) is 48.3 Å². The van der Waals surface area contributed by atoms with Crippen molar-refractivity contribution in [3.8, 4) is 5.88 Å². The lowest BCUT2D eigenvalue weighted by atomic mass is 9.82. The molecule has 0 saturated carbocycles. The van der Waals surface area contributed by atoms with Gasteiger partial charge in [0.2, 0.25) is 11.8 Å². The summed E-state index contributed by atoms with van der Waals surface area (Å²) in [6, 6.07) is 11.9. The average molecular weight is 338 g/mol. The van der Waals surface area contributed by atoms with Gasteiger partial charge in [0.25, 0.3) is 0 Å². The minimum absolute atomic E-state index is 0.0353. The highest BCUT2D eigenvalue weighted by Crippen LogP contribution is 2.39. The Balaban J connectivity index is 1.45. The molecule has 0 aliphatic carbocycles. The van der Waals surface area contributed by atoms with Crippen molar-refractivity contribution in [2.45, 2.75) is 30.7 Å². The van der Waals surface area contributed by atoms with E-state index >= 15 is 0 Å². The number of benzene rings is 1. The maximum absolute atomic E-state index is 12.5. The van der Waals surface area contributed by atoms with Gasteiger partial charge in [0.05, 0.1) is 13.0 Å². The van der Waals surface area contributed by atoms with Gasteiger partial charge in [-0.05, 0) is 24.8 Å². The quantitative estimate of drug-likeness (QED) is 0.929. The third-order valence-corrected chi connectivity index (χ3v) is 5.38. The van der Waals surface area contributed by atoms with E-state index in [4.69, 9.17) is 4.74 Å². The van der Waals surface area contributed by atoms with Gasteiger partial charge in [-0.1, -0.05) is 30.3 Å². The van der Waals surface area contributed by atoms with E-state index in [1.165, 1.54) is 6.33 Å². The van der Waals surface area contributed by atoms with E-state index in [1.54, 1.807) is 7.11 Å². The van der Waals surface area contributed by atoms with E-state index in [2.05, 4.69) is 20.2 Å². The number of nitrogens with one attached hydrogen (secondary N) is 1. The summed E-state index contributed by atoms with van der Waals surface area (Å²) in [6.45, 7) is 1.73. The summed E-state index contributed by atoms with van der Waals surface area (Å²) in [5, 5.41) is 3.29. The number of rotatable bonds is 3. The summed E-state index contributed by atoms with van der Waals surface area (Å²) < 4.78 is 5.18. The van der Waals surface area contributed by atoms with Crippen LogP contribution in [0.3, 0.4) is 0 Å². The van der Waals surface area contributed by atoms with Gasteiger partial charge in [0.15, 0.2) is 0 Å². The maximum atomic E-state index is 12.5. The van der Waals surface area contributed by atoms with Gasteiger partial charge < -0.3 is 15.0 Å². The summed E-state index contributed by atoms with van der Waals surface area (Å²) >= 11 is 0. The van der Waals surface area contributed by atoms with Crippen LogP contribution in [-0.4, -0.2) is 41.6 Å². The van der Waals surface area contributed by atoms with E-state index in [0.717, 1.165) is 43.7 Å². The lowest BCUT2D eigenvalue weighted by Crippen LogP contribution is -2.51. The molecule has 2 aliphatic heterocycles. The monoisotopic (exact) mass is 338 g/mol. The van der Waals surface area contributed by atoms with Gasteiger partial charge in [-0.15, -0.1) is 0 Å². The molecule has 3 heterocycles. The molecule has 0 unspecified atom stereocenters. The number of ether oxygens (including phenoxy) is 1. The average Bonchev–Trinajstić information content (AvgIpc) is 2.99. The number of nitrogens with zero attached hydrogens (tertiary/aromatic N) is 3. The van der Waals surface area contributed by atoms with E-state index in [0.29, 0.717) is 5.88 Å². The van der Waals surface area contributed by atoms with Crippen molar-refractivity contribution < 1.29 is 9.53 Å². The summed E-state index contributed by atoms with van der Waals surface area (Å²) in [6.07, 6.45) is 4.25. The first-order valence-corrected chi connectivity index (χ1v) is 8.67. The minimum Gasteiger partial charge on any atom is -0.481 e. The Bertz CT molecular complexity index is 757. The molecule has 1 N–H and O–H groups in total. The molecule has 2 aromatic rings. The number of methoxy groups -OCH3 is 1. The molecule has 0 bridgehead atoms. The predicted molar refractivity (Wildman–Crippen MR) is 94.7 cm³/mol. The van der Waals surface area contributed by atoms with Gasteiger partial charge >= 0.3 is 0 Å². The van der Waals surface area contributed by atoms with Crippen molar-refractivity contribution in [2.24, 2.45) is 0 Å². The lowest BCUT2D eigenvalue weighted by Gasteiger charge is -2.39. The van der Waals surface area contributed by atoms with Gasteiger partial charge in [-0.2, -0.15) is 0 Å². The van der Waals surface area contributed by atoms with Crippen LogP contribution in [0.15, 0.2) is 42.7 Å². The molecule has 1 amide bonds. The molecule has 2 fully saturated rings. The van der Waals surface area contributed by atoms with Crippen LogP contribution in [0.5, 0.6) is 5.88 Å². The Labute approximate surface area is 147 Å². The number of hydrogen-bond acceptors (Lipinski definition) is 5. The molecule has 6 nitrogen and oxygen atoms in total. The lowest BCUT2D eigenvalue weighted by molar-refractivity contribution is -0.121. The van der Waals surface area contributed by atoms with Gasteiger partial charge in [-0.3, -0.25) is 4.79 Å². The second-order valence-corrected chi connectivity index (χ2v) is 6.84. The van der Waals surface area contributed by atoms with Crippen molar-refractivity contribution in [3.63, 3.8) is 0 Å². The van der Waals surface area contributed by atoms with Gasteiger partial charge in [0, 0.05) is 24.7 Å². The normalized spacial score (nSPS) is 22.0. The first-order valence-electron chi connectivity index (χ1n) is 8.67. The molecule has 1 aromatic heterocycles. The molecular formula is C19H22N4O2. The molecule has 2 aliphatic rings. The summed E-state index contributed by atoms with van der Waals surface area (Å²) in [5.74, 6) is 1.57. The fourth-order valence-corrected chi connectivity index (χ4v) is 3.94. The molecule has 4 rings (SSSR count). The van der Waals surface area contributed by atoms with Crippen LogP contribution in [-0.2, 0) is 4.79 Å². The largest absolute Gasteiger partial charge is 0.481 e. The van der Waals surface area contributed by atoms with Crippen LogP contribution in [0, 0.1) is 0 Å². The van der Waals surface area contributed by atoms with Crippen LogP contribution in [0.2, 0.25) is 0 Å². The fourth-order valence-electron chi connectivity index (χ4n) is 3.94. The van der Waals surface area contributed by atoms with E-state index in [1.807, 2.05) is 36.4 Å². The van der Waals surface area contributed by atoms with Crippen LogP contribution >= 0.6 is 0 Å². The maximum Gasteiger partial charge on any atom is 0.228 e. The molecule has 130 valence electrons. The van der Waals surface area contributed by atoms with Crippen molar-refractivity contribution in [1.82, 2.24) is 15.3 Å². The Kier molecular flexibility index (Phi) is 4.03. The Morgan fingerprint density at radius 2 is 1.96 bits per heavy atom. The number of anilines is 1. The topological polar surface area (TPSA) is 67.3 Å². The van der Waals surface area contributed by atoms with Crippen LogP contribution < -0.4 is 15.0 Å². The number of carbonyl (C=O) groups is 1. The summed E-state index contributed by atoms with van der Waals surface area (Å²) in [5.41, 5.74) is 1.02. The predicted octanol–water partition coefficient (Wildman–Crippen LogP) is 2.13. The summed E-state index contributed by atoms with van der Waals surface area (Å²) in [7, 11) is 1.61. The smallest absolute Gasteiger partial charge is 0.228 e. The van der Waals surface area contributed by atoms with Crippen molar-refractivity contribution in [1.29, 1.82) is 0 Å². The van der Waals surface area contributed by atoms with Crippen LogP contribution in [0.4, 0.5) is 5.82 Å². The zero-order valence-electron chi connectivity index (χ0n) is 14.3. The van der Waals surface area contributed by atoms with Gasteiger partial charge in [-0.25, -0.2) is 9.97 Å². The number of piperidine rings is 1. The first-order chi connectivity index (χ1) is 12.2. The molecule has 6 heteroatoms. The Morgan fingerprint density at radius 3 is 2.68 bits per heavy atom. The highest BCUT2D eigenvalue weighted by molar-refractivity contribution is 5.87. The zero-order chi connectivity index (χ0) is 17.3. The van der Waals surface area contributed by atoms with E-state index < -0.39 is 0 Å². The molecule has 0 radical (unpaired) electrons. The SMILES string of the molecule is COc1cc(N2CCC3(CC2)C[C@H](c2ccccc2)C(=O)N3)ncn1. The number of aromatic nitrogens is 2. The second kappa shape index (κ2) is 6.35. The Hall–Kier alpha value is -2.63. The molecule has 1 atom stereocenters. The molecule has 1 spiro atoms. The van der Waals surface area contributed by atoms with Gasteiger partial charge in [0.1, 0.15) is 12.1 Å². The van der Waals surface area contributed by atoms with Crippen molar-refractivity contribution in [2.75, 3.05) is 25.1 Å². The zero-order valence-corrected chi connectivity index (χ0v) is 14.3. The molecule has 2 saturated heterocycles. The third kappa shape index (κ3) is 3.04. The third-order valence-electron chi connectivity index (χ3n) is 5.38. The highest BCUT2D eigenvalue weighted by atomic mass is 16.5. The van der Waals surface area contributed by atoms with Crippen LogP contribution in [0.25, 0.3) is 0 Å². The number of amides is 1. The molecule has 1 aromatic carbocycles. The fraction of sp³-hybridized carbons (Fsp3) is 0.421. The van der Waals surface area contributed by atoms with Crippen molar-refractivity contribution >= 4 is 11.7 Å². The van der Waals surface area contributed by atoms with Crippen LogP contribution in [0.1, 0.15) is 30.7 Å². The first kappa shape index (κ1) is 15.9.